The van der Waals surface area contributed by atoms with Gasteiger partial charge in [0.25, 0.3) is 5.56 Å². The fraction of sp³-hybridized carbons (Fsp3) is 0.545. The molecule has 3 heterocycles. The number of hydrogen-bond donors (Lipinski definition) is 4. The molecular formula is C11H15N5O5. The zero-order valence-corrected chi connectivity index (χ0v) is 11.2. The molecule has 21 heavy (non-hydrogen) atoms. The lowest BCUT2D eigenvalue weighted by Gasteiger charge is -2.14. The van der Waals surface area contributed by atoms with E-state index in [2.05, 4.69) is 15.0 Å². The average molecular weight is 297 g/mol. The van der Waals surface area contributed by atoms with Gasteiger partial charge in [0.1, 0.15) is 12.3 Å². The van der Waals surface area contributed by atoms with Crippen LogP contribution in [-0.2, 0) is 9.47 Å². The number of ether oxygens (including phenoxy) is 2. The summed E-state index contributed by atoms with van der Waals surface area (Å²) < 4.78 is 11.7. The predicted molar refractivity (Wildman–Crippen MR) is 71.8 cm³/mol. The van der Waals surface area contributed by atoms with Crippen molar-refractivity contribution in [3.05, 3.63) is 20.8 Å². The summed E-state index contributed by atoms with van der Waals surface area (Å²) in [6.07, 6.45) is -1.87. The van der Waals surface area contributed by atoms with Gasteiger partial charge in [0.2, 0.25) is 5.95 Å². The number of anilines is 1. The van der Waals surface area contributed by atoms with Crippen LogP contribution in [0, 0.1) is 0 Å². The Bertz CT molecular complexity index is 777. The maximum Gasteiger partial charge on any atom is 0.329 e. The molecule has 0 unspecified atom stereocenters. The minimum absolute atomic E-state index is 0.0162. The van der Waals surface area contributed by atoms with Crippen LogP contribution in [0.1, 0.15) is 12.6 Å². The Morgan fingerprint density at radius 1 is 1.52 bits per heavy atom. The highest BCUT2D eigenvalue weighted by atomic mass is 16.6. The number of methoxy groups -OCH3 is 1. The van der Waals surface area contributed by atoms with Crippen molar-refractivity contribution in [3.63, 3.8) is 0 Å². The molecule has 0 saturated carbocycles. The largest absolute Gasteiger partial charge is 0.390 e. The third kappa shape index (κ3) is 2.22. The highest BCUT2D eigenvalue weighted by Crippen LogP contribution is 2.29. The number of aliphatic hydroxyl groups excluding tert-OH is 1. The second-order valence-corrected chi connectivity index (χ2v) is 4.84. The van der Waals surface area contributed by atoms with Gasteiger partial charge < -0.3 is 20.3 Å². The number of nitrogen functional groups attached to an aromatic ring is 1. The molecule has 3 atom stereocenters. The molecule has 2 aromatic heterocycles. The molecule has 5 N–H and O–H groups in total. The molecule has 2 aromatic rings. The van der Waals surface area contributed by atoms with Crippen molar-refractivity contribution >= 4 is 17.1 Å². The van der Waals surface area contributed by atoms with E-state index < -0.39 is 29.7 Å². The van der Waals surface area contributed by atoms with E-state index in [9.17, 15) is 14.7 Å². The van der Waals surface area contributed by atoms with Crippen LogP contribution in [0.15, 0.2) is 9.59 Å². The van der Waals surface area contributed by atoms with Gasteiger partial charge in [0.15, 0.2) is 11.2 Å². The van der Waals surface area contributed by atoms with Gasteiger partial charge in [0.05, 0.1) is 12.7 Å². The van der Waals surface area contributed by atoms with Crippen molar-refractivity contribution < 1.29 is 14.6 Å². The van der Waals surface area contributed by atoms with Gasteiger partial charge in [-0.3, -0.25) is 14.8 Å². The summed E-state index contributed by atoms with van der Waals surface area (Å²) in [4.78, 5) is 32.5. The Morgan fingerprint density at radius 2 is 2.29 bits per heavy atom. The number of aromatic nitrogens is 4. The van der Waals surface area contributed by atoms with Crippen molar-refractivity contribution in [2.24, 2.45) is 0 Å². The predicted octanol–water partition coefficient (Wildman–Crippen LogP) is -1.71. The number of H-pyrrole nitrogens is 2. The number of aromatic amines is 2. The molecule has 0 amide bonds. The van der Waals surface area contributed by atoms with Crippen molar-refractivity contribution in [1.82, 2.24) is 19.5 Å². The van der Waals surface area contributed by atoms with E-state index in [1.54, 1.807) is 0 Å². The van der Waals surface area contributed by atoms with Crippen molar-refractivity contribution in [1.29, 1.82) is 0 Å². The second-order valence-electron chi connectivity index (χ2n) is 4.84. The molecule has 0 spiro atoms. The van der Waals surface area contributed by atoms with Gasteiger partial charge in [-0.25, -0.2) is 9.36 Å². The van der Waals surface area contributed by atoms with Crippen LogP contribution in [0.4, 0.5) is 5.95 Å². The standard InChI is InChI=1S/C11H15N5O5/c1-20-3-5-4(17)2-6(21-5)16-8-7(13-11(16)19)9(18)15-10(12)14-8/h4-6,17H,2-3H2,1H3,(H,13,19)(H3,12,14,15,18)/t4-,5+,6+/m0/s1. The molecule has 1 saturated heterocycles. The van der Waals surface area contributed by atoms with Crippen LogP contribution in [0.25, 0.3) is 11.2 Å². The van der Waals surface area contributed by atoms with Crippen molar-refractivity contribution in [2.75, 3.05) is 19.5 Å². The first-order valence-corrected chi connectivity index (χ1v) is 6.33. The van der Waals surface area contributed by atoms with Crippen LogP contribution in [0.5, 0.6) is 0 Å². The SMILES string of the molecule is COC[C@H]1O[C@@H](n2c(=O)[nH]c3c(=O)[nH]c(N)nc32)C[C@@H]1O. The number of hydrogen-bond acceptors (Lipinski definition) is 7. The van der Waals surface area contributed by atoms with Gasteiger partial charge in [-0.15, -0.1) is 0 Å². The lowest BCUT2D eigenvalue weighted by molar-refractivity contribution is -0.0531. The van der Waals surface area contributed by atoms with Crippen LogP contribution in [0.3, 0.4) is 0 Å². The summed E-state index contributed by atoms with van der Waals surface area (Å²) >= 11 is 0. The maximum absolute atomic E-state index is 12.0. The Balaban J connectivity index is 2.07. The fourth-order valence-electron chi connectivity index (χ4n) is 2.48. The lowest BCUT2D eigenvalue weighted by Crippen LogP contribution is -2.26. The molecular weight excluding hydrogens is 282 g/mol. The monoisotopic (exact) mass is 297 g/mol. The normalized spacial score (nSPS) is 25.7. The topological polar surface area (TPSA) is 148 Å². The minimum atomic E-state index is -0.772. The molecule has 10 heteroatoms. The summed E-state index contributed by atoms with van der Waals surface area (Å²) in [6, 6.07) is 0. The van der Waals surface area contributed by atoms with Gasteiger partial charge in [-0.05, 0) is 0 Å². The molecule has 1 aliphatic rings. The van der Waals surface area contributed by atoms with E-state index in [4.69, 9.17) is 15.2 Å². The van der Waals surface area contributed by atoms with E-state index in [0.717, 1.165) is 0 Å². The molecule has 0 aromatic carbocycles. The zero-order valence-electron chi connectivity index (χ0n) is 11.2. The Kier molecular flexibility index (Phi) is 3.27. The number of rotatable bonds is 3. The van der Waals surface area contributed by atoms with Crippen LogP contribution in [0.2, 0.25) is 0 Å². The molecule has 1 fully saturated rings. The number of imidazole rings is 1. The number of aliphatic hydroxyl groups is 1. The second kappa shape index (κ2) is 4.98. The summed E-state index contributed by atoms with van der Waals surface area (Å²) in [5.41, 5.74) is 4.51. The number of fused-ring (bicyclic) bond motifs is 1. The number of nitrogens with one attached hydrogen (secondary N) is 2. The highest BCUT2D eigenvalue weighted by Gasteiger charge is 2.36. The summed E-state index contributed by atoms with van der Waals surface area (Å²) in [7, 11) is 1.49. The summed E-state index contributed by atoms with van der Waals surface area (Å²) in [6.45, 7) is 0.199. The highest BCUT2D eigenvalue weighted by molar-refractivity contribution is 5.70. The molecule has 1 aliphatic heterocycles. The van der Waals surface area contributed by atoms with Gasteiger partial charge in [0, 0.05) is 13.5 Å². The summed E-state index contributed by atoms with van der Waals surface area (Å²) in [5, 5.41) is 9.92. The van der Waals surface area contributed by atoms with Crippen LogP contribution in [-0.4, -0.2) is 50.6 Å². The van der Waals surface area contributed by atoms with Gasteiger partial charge in [-0.1, -0.05) is 0 Å². The lowest BCUT2D eigenvalue weighted by atomic mass is 10.2. The Morgan fingerprint density at radius 3 is 3.00 bits per heavy atom. The van der Waals surface area contributed by atoms with Crippen LogP contribution < -0.4 is 17.0 Å². The number of nitrogens with zero attached hydrogens (tertiary/aromatic N) is 2. The fourth-order valence-corrected chi connectivity index (χ4v) is 2.48. The summed E-state index contributed by atoms with van der Waals surface area (Å²) in [5.74, 6) is -0.104. The smallest absolute Gasteiger partial charge is 0.329 e. The van der Waals surface area contributed by atoms with Crippen molar-refractivity contribution in [3.8, 4) is 0 Å². The van der Waals surface area contributed by atoms with E-state index in [0.29, 0.717) is 0 Å². The number of nitrogens with two attached hydrogens (primary N) is 1. The Labute approximate surface area is 117 Å². The average Bonchev–Trinajstić information content (AvgIpc) is 2.91. The van der Waals surface area contributed by atoms with E-state index in [1.165, 1.54) is 11.7 Å². The quantitative estimate of drug-likeness (QED) is 0.527. The van der Waals surface area contributed by atoms with E-state index in [1.807, 2.05) is 0 Å². The minimum Gasteiger partial charge on any atom is -0.390 e. The first kappa shape index (κ1) is 13.8. The molecule has 114 valence electrons. The molecule has 10 nitrogen and oxygen atoms in total. The Hall–Kier alpha value is -2.17. The first-order valence-electron chi connectivity index (χ1n) is 6.33. The molecule has 0 radical (unpaired) electrons. The molecule has 0 aliphatic carbocycles. The first-order chi connectivity index (χ1) is 10.0. The maximum atomic E-state index is 12.0. The third-order valence-electron chi connectivity index (χ3n) is 3.42. The van der Waals surface area contributed by atoms with Crippen LogP contribution >= 0.6 is 0 Å². The molecule has 0 bridgehead atoms. The van der Waals surface area contributed by atoms with E-state index >= 15 is 0 Å². The van der Waals surface area contributed by atoms with Crippen molar-refractivity contribution in [2.45, 2.75) is 24.9 Å². The zero-order chi connectivity index (χ0) is 15.1. The van der Waals surface area contributed by atoms with Gasteiger partial charge >= 0.3 is 5.69 Å². The van der Waals surface area contributed by atoms with Gasteiger partial charge in [-0.2, -0.15) is 4.98 Å². The molecule has 3 rings (SSSR count). The third-order valence-corrected chi connectivity index (χ3v) is 3.42. The van der Waals surface area contributed by atoms with E-state index in [-0.39, 0.29) is 30.1 Å².